The van der Waals surface area contributed by atoms with E-state index in [1.54, 1.807) is 18.4 Å². The molecule has 1 aliphatic rings. The van der Waals surface area contributed by atoms with E-state index in [0.29, 0.717) is 6.42 Å². The van der Waals surface area contributed by atoms with Gasteiger partial charge in [0, 0.05) is 43.9 Å². The SMILES string of the molecule is COc1ccc2ncc(N(C)C)c(C(O)CCC3(CO)CCN(CCSc4cccs4)CC3)c2c1. The molecule has 1 fully saturated rings. The number of rotatable bonds is 11. The summed E-state index contributed by atoms with van der Waals surface area (Å²) in [6, 6.07) is 10.1. The van der Waals surface area contributed by atoms with Crippen molar-refractivity contribution in [2.75, 3.05) is 58.1 Å². The molecule has 2 aromatic heterocycles. The molecule has 3 heterocycles. The lowest BCUT2D eigenvalue weighted by molar-refractivity contribution is 0.0255. The van der Waals surface area contributed by atoms with Gasteiger partial charge in [-0.05, 0) is 73.8 Å². The second-order valence-corrected chi connectivity index (χ2v) is 12.0. The van der Waals surface area contributed by atoms with Crippen molar-refractivity contribution in [1.82, 2.24) is 9.88 Å². The topological polar surface area (TPSA) is 69.1 Å². The lowest BCUT2D eigenvalue weighted by Crippen LogP contribution is -2.43. The molecular weight excluding hydrogens is 478 g/mol. The number of aliphatic hydroxyl groups is 2. The largest absolute Gasteiger partial charge is 0.497 e. The number of piperidine rings is 1. The Morgan fingerprint density at radius 3 is 2.71 bits per heavy atom. The molecule has 1 aromatic carbocycles. The molecule has 8 heteroatoms. The van der Waals surface area contributed by atoms with Gasteiger partial charge in [-0.25, -0.2) is 0 Å². The van der Waals surface area contributed by atoms with Crippen LogP contribution in [0, 0.1) is 5.41 Å². The highest BCUT2D eigenvalue weighted by atomic mass is 32.2. The van der Waals surface area contributed by atoms with Crippen LogP contribution < -0.4 is 9.64 Å². The fraction of sp³-hybridized carbons (Fsp3) is 0.519. The molecule has 1 unspecified atom stereocenters. The van der Waals surface area contributed by atoms with Gasteiger partial charge in [0.05, 0.1) is 34.8 Å². The van der Waals surface area contributed by atoms with Crippen LogP contribution in [0.25, 0.3) is 10.9 Å². The molecule has 0 saturated carbocycles. The molecule has 0 bridgehead atoms. The zero-order valence-electron chi connectivity index (χ0n) is 20.9. The average molecular weight is 516 g/mol. The Morgan fingerprint density at radius 1 is 1.26 bits per heavy atom. The maximum absolute atomic E-state index is 11.4. The summed E-state index contributed by atoms with van der Waals surface area (Å²) in [5.41, 5.74) is 2.51. The summed E-state index contributed by atoms with van der Waals surface area (Å²) < 4.78 is 6.82. The van der Waals surface area contributed by atoms with Gasteiger partial charge in [-0.3, -0.25) is 4.98 Å². The van der Waals surface area contributed by atoms with Crippen molar-refractivity contribution >= 4 is 39.7 Å². The molecule has 35 heavy (non-hydrogen) atoms. The van der Waals surface area contributed by atoms with Crippen molar-refractivity contribution in [2.24, 2.45) is 5.41 Å². The number of hydrogen-bond donors (Lipinski definition) is 2. The maximum Gasteiger partial charge on any atom is 0.119 e. The first-order chi connectivity index (χ1) is 16.9. The Labute approximate surface area is 216 Å². The van der Waals surface area contributed by atoms with E-state index in [9.17, 15) is 10.2 Å². The molecule has 0 aliphatic carbocycles. The molecule has 2 N–H and O–H groups in total. The number of ether oxygens (including phenoxy) is 1. The van der Waals surface area contributed by atoms with Crippen LogP contribution >= 0.6 is 23.1 Å². The Hall–Kier alpha value is -1.84. The minimum atomic E-state index is -0.645. The second kappa shape index (κ2) is 11.9. The van der Waals surface area contributed by atoms with E-state index in [2.05, 4.69) is 27.4 Å². The van der Waals surface area contributed by atoms with Gasteiger partial charge in [0.2, 0.25) is 0 Å². The van der Waals surface area contributed by atoms with E-state index in [0.717, 1.165) is 72.6 Å². The first-order valence-corrected chi connectivity index (χ1v) is 14.1. The summed E-state index contributed by atoms with van der Waals surface area (Å²) in [5.74, 6) is 1.84. The van der Waals surface area contributed by atoms with Crippen molar-refractivity contribution < 1.29 is 14.9 Å². The third-order valence-electron chi connectivity index (χ3n) is 7.26. The van der Waals surface area contributed by atoms with Crippen molar-refractivity contribution in [1.29, 1.82) is 0 Å². The molecule has 0 radical (unpaired) electrons. The van der Waals surface area contributed by atoms with Crippen LogP contribution in [0.3, 0.4) is 0 Å². The Morgan fingerprint density at radius 2 is 2.06 bits per heavy atom. The quantitative estimate of drug-likeness (QED) is 0.346. The minimum Gasteiger partial charge on any atom is -0.497 e. The highest BCUT2D eigenvalue weighted by Gasteiger charge is 2.34. The summed E-state index contributed by atoms with van der Waals surface area (Å²) in [5, 5.41) is 24.8. The molecule has 6 nitrogen and oxygen atoms in total. The van der Waals surface area contributed by atoms with E-state index in [4.69, 9.17) is 4.74 Å². The smallest absolute Gasteiger partial charge is 0.119 e. The molecule has 1 aliphatic heterocycles. The van der Waals surface area contributed by atoms with E-state index < -0.39 is 6.10 Å². The van der Waals surface area contributed by atoms with Gasteiger partial charge in [-0.1, -0.05) is 6.07 Å². The summed E-state index contributed by atoms with van der Waals surface area (Å²) in [4.78, 5) is 9.11. The van der Waals surface area contributed by atoms with Crippen molar-refractivity contribution in [2.45, 2.75) is 36.0 Å². The van der Waals surface area contributed by atoms with Crippen LogP contribution in [-0.2, 0) is 0 Å². The molecule has 0 spiro atoms. The van der Waals surface area contributed by atoms with Gasteiger partial charge in [-0.2, -0.15) is 0 Å². The Balaban J connectivity index is 1.40. The monoisotopic (exact) mass is 515 g/mol. The molecule has 4 rings (SSSR count). The number of thiophene rings is 1. The minimum absolute atomic E-state index is 0.128. The number of aromatic nitrogens is 1. The van der Waals surface area contributed by atoms with Crippen molar-refractivity contribution in [3.8, 4) is 5.75 Å². The Kier molecular flexibility index (Phi) is 8.94. The van der Waals surface area contributed by atoms with Crippen LogP contribution in [0.2, 0.25) is 0 Å². The second-order valence-electron chi connectivity index (χ2n) is 9.67. The number of benzene rings is 1. The van der Waals surface area contributed by atoms with E-state index in [-0.39, 0.29) is 12.0 Å². The number of aliphatic hydroxyl groups excluding tert-OH is 2. The number of thioether (sulfide) groups is 1. The van der Waals surface area contributed by atoms with Gasteiger partial charge >= 0.3 is 0 Å². The van der Waals surface area contributed by atoms with Crippen LogP contribution in [0.15, 0.2) is 46.1 Å². The first kappa shape index (κ1) is 26.2. The van der Waals surface area contributed by atoms with E-state index >= 15 is 0 Å². The van der Waals surface area contributed by atoms with Gasteiger partial charge in [-0.15, -0.1) is 23.1 Å². The van der Waals surface area contributed by atoms with Gasteiger partial charge in [0.1, 0.15) is 5.75 Å². The fourth-order valence-corrected chi connectivity index (χ4v) is 6.82. The average Bonchev–Trinajstić information content (AvgIpc) is 3.40. The number of methoxy groups -OCH3 is 1. The van der Waals surface area contributed by atoms with Gasteiger partial charge < -0.3 is 24.7 Å². The molecule has 190 valence electrons. The van der Waals surface area contributed by atoms with Gasteiger partial charge in [0.25, 0.3) is 0 Å². The highest BCUT2D eigenvalue weighted by Crippen LogP contribution is 2.41. The van der Waals surface area contributed by atoms with Crippen molar-refractivity contribution in [3.63, 3.8) is 0 Å². The number of anilines is 1. The third-order valence-corrected chi connectivity index (χ3v) is 9.37. The number of likely N-dealkylation sites (tertiary alicyclic amines) is 1. The predicted molar refractivity (Wildman–Crippen MR) is 147 cm³/mol. The van der Waals surface area contributed by atoms with E-state index in [1.165, 1.54) is 4.21 Å². The molecule has 0 amide bonds. The van der Waals surface area contributed by atoms with Crippen LogP contribution in [-0.4, -0.2) is 73.3 Å². The molecule has 3 aromatic rings. The summed E-state index contributed by atoms with van der Waals surface area (Å²) >= 11 is 3.72. The lowest BCUT2D eigenvalue weighted by atomic mass is 9.74. The predicted octanol–water partition coefficient (Wildman–Crippen LogP) is 5.05. The zero-order valence-corrected chi connectivity index (χ0v) is 22.6. The van der Waals surface area contributed by atoms with Crippen LogP contribution in [0.1, 0.15) is 37.4 Å². The Bertz CT molecular complexity index is 1080. The number of nitrogens with zero attached hydrogens (tertiary/aromatic N) is 3. The van der Waals surface area contributed by atoms with E-state index in [1.807, 2.05) is 55.2 Å². The number of fused-ring (bicyclic) bond motifs is 1. The first-order valence-electron chi connectivity index (χ1n) is 12.3. The third kappa shape index (κ3) is 6.30. The number of pyridine rings is 1. The maximum atomic E-state index is 11.4. The lowest BCUT2D eigenvalue weighted by Gasteiger charge is -2.41. The summed E-state index contributed by atoms with van der Waals surface area (Å²) in [6.45, 7) is 3.24. The fourth-order valence-electron chi connectivity index (χ4n) is 4.96. The molecule has 1 atom stereocenters. The van der Waals surface area contributed by atoms with Crippen LogP contribution in [0.4, 0.5) is 5.69 Å². The van der Waals surface area contributed by atoms with Gasteiger partial charge in [0.15, 0.2) is 0 Å². The molecule has 1 saturated heterocycles. The van der Waals surface area contributed by atoms with Crippen molar-refractivity contribution in [3.05, 3.63) is 47.5 Å². The van der Waals surface area contributed by atoms with Crippen LogP contribution in [0.5, 0.6) is 5.75 Å². The normalized spacial score (nSPS) is 16.9. The zero-order chi connectivity index (χ0) is 24.8. The summed E-state index contributed by atoms with van der Waals surface area (Å²) in [7, 11) is 5.60. The number of hydrogen-bond acceptors (Lipinski definition) is 8. The highest BCUT2D eigenvalue weighted by molar-refractivity contribution is 8.01. The molecular formula is C27H37N3O3S2. The summed E-state index contributed by atoms with van der Waals surface area (Å²) in [6.07, 6.45) is 4.52. The standard InChI is InChI=1S/C27H37N3O3S2/c1-29(2)23-18-28-22-7-6-20(33-3)17-21(22)26(23)24(32)8-9-27(19-31)10-12-30(13-11-27)14-16-35-25-5-4-15-34-25/h4-7,15,17-18,24,31-32H,8-14,16,19H2,1-3H3.